The average Bonchev–Trinajstić information content (AvgIpc) is 2.33. The van der Waals surface area contributed by atoms with E-state index in [1.807, 2.05) is 13.8 Å². The number of nitrogens with zero attached hydrogens (tertiary/aromatic N) is 2. The van der Waals surface area contributed by atoms with Crippen molar-refractivity contribution in [3.63, 3.8) is 0 Å². The second-order valence-corrected chi connectivity index (χ2v) is 4.64. The highest BCUT2D eigenvalue weighted by atomic mass is 35.5. The Bertz CT molecular complexity index is 515. The van der Waals surface area contributed by atoms with Gasteiger partial charge in [-0.1, -0.05) is 23.7 Å². The number of nitro benzene ring substituents is 1. The predicted octanol–water partition coefficient (Wildman–Crippen LogP) is 3.28. The summed E-state index contributed by atoms with van der Waals surface area (Å²) in [6, 6.07) is 4.23. The van der Waals surface area contributed by atoms with Crippen molar-refractivity contribution in [2.24, 2.45) is 0 Å². The summed E-state index contributed by atoms with van der Waals surface area (Å²) in [6.45, 7) is 7.56. The zero-order valence-electron chi connectivity index (χ0n) is 10.8. The van der Waals surface area contributed by atoms with Crippen LogP contribution in [0.2, 0.25) is 5.02 Å². The molecular weight excluding hydrogens is 268 g/mol. The van der Waals surface area contributed by atoms with E-state index in [-0.39, 0.29) is 22.3 Å². The van der Waals surface area contributed by atoms with Crippen molar-refractivity contribution in [3.8, 4) is 0 Å². The molecule has 0 aliphatic heterocycles. The molecule has 0 atom stereocenters. The van der Waals surface area contributed by atoms with Crippen LogP contribution in [0.3, 0.4) is 0 Å². The first-order chi connectivity index (χ1) is 8.90. The van der Waals surface area contributed by atoms with Gasteiger partial charge in [-0.25, -0.2) is 0 Å². The smallest absolute Gasteiger partial charge is 0.300 e. The fourth-order valence-electron chi connectivity index (χ4n) is 1.70. The van der Waals surface area contributed by atoms with Crippen molar-refractivity contribution in [3.05, 3.63) is 51.6 Å². The molecule has 6 heteroatoms. The van der Waals surface area contributed by atoms with Gasteiger partial charge in [0, 0.05) is 12.6 Å². The number of nitro groups is 1. The molecule has 102 valence electrons. The monoisotopic (exact) mass is 282 g/mol. The highest BCUT2D eigenvalue weighted by Gasteiger charge is 2.27. The molecule has 0 spiro atoms. The van der Waals surface area contributed by atoms with Crippen LogP contribution >= 0.6 is 11.6 Å². The summed E-state index contributed by atoms with van der Waals surface area (Å²) in [6.07, 6.45) is 1.58. The Labute approximate surface area is 116 Å². The Balaban J connectivity index is 3.29. The minimum Gasteiger partial charge on any atom is -0.332 e. The van der Waals surface area contributed by atoms with Gasteiger partial charge in [-0.05, 0) is 26.0 Å². The van der Waals surface area contributed by atoms with Crippen molar-refractivity contribution in [1.82, 2.24) is 4.90 Å². The summed E-state index contributed by atoms with van der Waals surface area (Å²) >= 11 is 5.80. The maximum absolute atomic E-state index is 12.4. The lowest BCUT2D eigenvalue weighted by atomic mass is 10.1. The molecule has 1 amide bonds. The molecule has 0 heterocycles. The molecule has 0 aliphatic carbocycles. The van der Waals surface area contributed by atoms with Gasteiger partial charge in [-0.15, -0.1) is 6.58 Å². The van der Waals surface area contributed by atoms with Gasteiger partial charge in [0.05, 0.1) is 4.92 Å². The molecular formula is C13H15ClN2O3. The van der Waals surface area contributed by atoms with Crippen molar-refractivity contribution in [2.75, 3.05) is 6.54 Å². The van der Waals surface area contributed by atoms with Gasteiger partial charge < -0.3 is 4.90 Å². The fourth-order valence-corrected chi connectivity index (χ4v) is 1.94. The SMILES string of the molecule is C=CCN(C(=O)c1cccc(Cl)c1[N+](=O)[O-])C(C)C. The quantitative estimate of drug-likeness (QED) is 0.473. The molecule has 1 rings (SSSR count). The van der Waals surface area contributed by atoms with Crippen molar-refractivity contribution in [2.45, 2.75) is 19.9 Å². The third-order valence-electron chi connectivity index (χ3n) is 2.61. The van der Waals surface area contributed by atoms with Gasteiger partial charge in [0.15, 0.2) is 0 Å². The molecule has 0 bridgehead atoms. The first-order valence-electron chi connectivity index (χ1n) is 5.75. The molecule has 0 saturated carbocycles. The van der Waals surface area contributed by atoms with Crippen LogP contribution < -0.4 is 0 Å². The zero-order chi connectivity index (χ0) is 14.6. The maximum atomic E-state index is 12.4. The number of carbonyl (C=O) groups excluding carboxylic acids is 1. The van der Waals surface area contributed by atoms with E-state index in [1.54, 1.807) is 6.08 Å². The number of hydrogen-bond donors (Lipinski definition) is 0. The van der Waals surface area contributed by atoms with Gasteiger partial charge in [0.25, 0.3) is 5.91 Å². The topological polar surface area (TPSA) is 63.5 Å². The number of amides is 1. The maximum Gasteiger partial charge on any atom is 0.300 e. The first-order valence-corrected chi connectivity index (χ1v) is 6.12. The van der Waals surface area contributed by atoms with Crippen LogP contribution in [0, 0.1) is 10.1 Å². The largest absolute Gasteiger partial charge is 0.332 e. The summed E-state index contributed by atoms with van der Waals surface area (Å²) in [7, 11) is 0. The molecule has 1 aromatic carbocycles. The molecule has 0 radical (unpaired) electrons. The molecule has 19 heavy (non-hydrogen) atoms. The molecule has 0 saturated heterocycles. The molecule has 0 aromatic heterocycles. The zero-order valence-corrected chi connectivity index (χ0v) is 11.6. The van der Waals surface area contributed by atoms with E-state index >= 15 is 0 Å². The van der Waals surface area contributed by atoms with Crippen molar-refractivity contribution in [1.29, 1.82) is 0 Å². The number of halogens is 1. The van der Waals surface area contributed by atoms with Gasteiger partial charge in [-0.2, -0.15) is 0 Å². The summed E-state index contributed by atoms with van der Waals surface area (Å²) < 4.78 is 0. The molecule has 1 aromatic rings. The van der Waals surface area contributed by atoms with E-state index in [0.29, 0.717) is 6.54 Å². The van der Waals surface area contributed by atoms with Gasteiger partial charge in [0.1, 0.15) is 10.6 Å². The lowest BCUT2D eigenvalue weighted by Gasteiger charge is -2.25. The number of carbonyl (C=O) groups is 1. The van der Waals surface area contributed by atoms with Crippen LogP contribution in [0.5, 0.6) is 0 Å². The molecule has 0 N–H and O–H groups in total. The van der Waals surface area contributed by atoms with Crippen LogP contribution in [-0.2, 0) is 0 Å². The van der Waals surface area contributed by atoms with E-state index in [4.69, 9.17) is 11.6 Å². The lowest BCUT2D eigenvalue weighted by molar-refractivity contribution is -0.385. The molecule has 5 nitrogen and oxygen atoms in total. The van der Waals surface area contributed by atoms with Crippen LogP contribution in [0.1, 0.15) is 24.2 Å². The first kappa shape index (κ1) is 15.2. The van der Waals surface area contributed by atoms with Crippen molar-refractivity contribution < 1.29 is 9.72 Å². The summed E-state index contributed by atoms with van der Waals surface area (Å²) in [4.78, 5) is 24.3. The Hall–Kier alpha value is -1.88. The van der Waals surface area contributed by atoms with E-state index < -0.39 is 10.8 Å². The van der Waals surface area contributed by atoms with Crippen LogP contribution in [0.4, 0.5) is 5.69 Å². The Morgan fingerprint density at radius 1 is 1.58 bits per heavy atom. The lowest BCUT2D eigenvalue weighted by Crippen LogP contribution is -2.37. The highest BCUT2D eigenvalue weighted by molar-refractivity contribution is 6.33. The third-order valence-corrected chi connectivity index (χ3v) is 2.91. The Morgan fingerprint density at radius 3 is 2.68 bits per heavy atom. The highest BCUT2D eigenvalue weighted by Crippen LogP contribution is 2.29. The fraction of sp³-hybridized carbons (Fsp3) is 0.308. The van der Waals surface area contributed by atoms with Gasteiger partial charge >= 0.3 is 5.69 Å². The second-order valence-electron chi connectivity index (χ2n) is 4.23. The predicted molar refractivity (Wildman–Crippen MR) is 74.5 cm³/mol. The Kier molecular flexibility index (Phi) is 5.06. The normalized spacial score (nSPS) is 10.3. The standard InChI is InChI=1S/C13H15ClN2O3/c1-4-8-15(9(2)3)13(17)10-6-5-7-11(14)12(10)16(18)19/h4-7,9H,1,8H2,2-3H3. The van der Waals surface area contributed by atoms with E-state index in [0.717, 1.165) is 0 Å². The molecule has 0 fully saturated rings. The molecule has 0 unspecified atom stereocenters. The Morgan fingerprint density at radius 2 is 2.21 bits per heavy atom. The minimum atomic E-state index is -0.637. The number of benzene rings is 1. The van der Waals surface area contributed by atoms with Crippen molar-refractivity contribution >= 4 is 23.2 Å². The van der Waals surface area contributed by atoms with E-state index in [9.17, 15) is 14.9 Å². The van der Waals surface area contributed by atoms with E-state index in [1.165, 1.54) is 23.1 Å². The summed E-state index contributed by atoms with van der Waals surface area (Å²) in [5.74, 6) is -0.427. The number of rotatable bonds is 5. The average molecular weight is 283 g/mol. The summed E-state index contributed by atoms with van der Waals surface area (Å²) in [5, 5.41) is 11.0. The van der Waals surface area contributed by atoms with Crippen LogP contribution in [0.15, 0.2) is 30.9 Å². The van der Waals surface area contributed by atoms with Gasteiger partial charge in [0.2, 0.25) is 0 Å². The van der Waals surface area contributed by atoms with Crippen LogP contribution in [0.25, 0.3) is 0 Å². The van der Waals surface area contributed by atoms with E-state index in [2.05, 4.69) is 6.58 Å². The second kappa shape index (κ2) is 6.33. The number of hydrogen-bond acceptors (Lipinski definition) is 3. The van der Waals surface area contributed by atoms with Gasteiger partial charge in [-0.3, -0.25) is 14.9 Å². The van der Waals surface area contributed by atoms with Crippen LogP contribution in [-0.4, -0.2) is 28.3 Å². The minimum absolute atomic E-state index is 0.00644. The number of para-hydroxylation sites is 1. The third kappa shape index (κ3) is 3.32. The summed E-state index contributed by atoms with van der Waals surface area (Å²) in [5.41, 5.74) is -0.364. The molecule has 0 aliphatic rings.